The van der Waals surface area contributed by atoms with Crippen LogP contribution in [-0.4, -0.2) is 100 Å². The highest BCUT2D eigenvalue weighted by Gasteiger charge is 2.58. The molecule has 0 aromatic heterocycles. The fourth-order valence-electron chi connectivity index (χ4n) is 8.84. The van der Waals surface area contributed by atoms with Gasteiger partial charge < -0.3 is 19.9 Å². The molecular weight excluding hydrogens is 618 g/mol. The van der Waals surface area contributed by atoms with E-state index in [0.29, 0.717) is 19.1 Å². The van der Waals surface area contributed by atoms with Gasteiger partial charge in [-0.3, -0.25) is 24.2 Å². The third-order valence-corrected chi connectivity index (χ3v) is 11.5. The Morgan fingerprint density at radius 3 is 2.41 bits per heavy atom. The summed E-state index contributed by atoms with van der Waals surface area (Å²) in [7, 11) is 0. The highest BCUT2D eigenvalue weighted by Crippen LogP contribution is 2.39. The van der Waals surface area contributed by atoms with Gasteiger partial charge in [-0.25, -0.2) is 4.79 Å². The van der Waals surface area contributed by atoms with Crippen molar-refractivity contribution in [3.8, 4) is 0 Å². The summed E-state index contributed by atoms with van der Waals surface area (Å²) in [5.41, 5.74) is 3.20. The van der Waals surface area contributed by atoms with Gasteiger partial charge in [0.15, 0.2) is 0 Å². The highest BCUT2D eigenvalue weighted by atomic mass is 16.6. The SMILES string of the molecule is C=C[C@@H]1[C@H](N2C(=O)OC[C@@H]2c2ccccc2)C(=O)N1[C@@H](CCC(=O)N1CCN(C2CCCCC2)CC1)C(=O)N[C@@H]1CCCc2ccccc21. The van der Waals surface area contributed by atoms with Crippen molar-refractivity contribution < 1.29 is 23.9 Å². The minimum atomic E-state index is -0.887. The van der Waals surface area contributed by atoms with E-state index < -0.39 is 30.3 Å². The number of benzene rings is 2. The molecule has 4 amide bonds. The summed E-state index contributed by atoms with van der Waals surface area (Å²) >= 11 is 0. The Hall–Kier alpha value is -4.18. The summed E-state index contributed by atoms with van der Waals surface area (Å²) in [6.45, 7) is 7.29. The number of nitrogens with one attached hydrogen (secondary N) is 1. The van der Waals surface area contributed by atoms with Crippen molar-refractivity contribution in [2.24, 2.45) is 0 Å². The minimum absolute atomic E-state index is 0.0102. The quantitative estimate of drug-likeness (QED) is 0.290. The Morgan fingerprint density at radius 1 is 0.918 bits per heavy atom. The Labute approximate surface area is 289 Å². The molecular formula is C39H49N5O5. The number of aryl methyl sites for hydroxylation is 1. The molecule has 10 heteroatoms. The van der Waals surface area contributed by atoms with Crippen LogP contribution < -0.4 is 5.32 Å². The van der Waals surface area contributed by atoms with E-state index in [1.807, 2.05) is 47.4 Å². The van der Waals surface area contributed by atoms with E-state index >= 15 is 0 Å². The topological polar surface area (TPSA) is 102 Å². The molecule has 260 valence electrons. The molecule has 5 atom stereocenters. The molecule has 3 aliphatic heterocycles. The van der Waals surface area contributed by atoms with E-state index in [1.54, 1.807) is 11.0 Å². The van der Waals surface area contributed by atoms with Gasteiger partial charge in [0.1, 0.15) is 18.7 Å². The maximum absolute atomic E-state index is 14.3. The first-order valence-corrected chi connectivity index (χ1v) is 18.3. The number of fused-ring (bicyclic) bond motifs is 1. The van der Waals surface area contributed by atoms with Gasteiger partial charge in [-0.15, -0.1) is 6.58 Å². The number of ether oxygens (including phenoxy) is 1. The maximum atomic E-state index is 14.3. The fourth-order valence-corrected chi connectivity index (χ4v) is 8.84. The number of nitrogens with zero attached hydrogens (tertiary/aromatic N) is 4. The van der Waals surface area contributed by atoms with Crippen LogP contribution in [0.1, 0.15) is 86.6 Å². The van der Waals surface area contributed by atoms with Crippen LogP contribution in [0.15, 0.2) is 67.3 Å². The number of likely N-dealkylation sites (tertiary alicyclic amines) is 1. The molecule has 4 fully saturated rings. The molecule has 10 nitrogen and oxygen atoms in total. The molecule has 0 spiro atoms. The van der Waals surface area contributed by atoms with Crippen LogP contribution in [0.4, 0.5) is 4.79 Å². The lowest BCUT2D eigenvalue weighted by Crippen LogP contribution is -2.74. The molecule has 2 aromatic carbocycles. The zero-order valence-corrected chi connectivity index (χ0v) is 28.4. The Morgan fingerprint density at radius 2 is 1.65 bits per heavy atom. The van der Waals surface area contributed by atoms with Crippen molar-refractivity contribution in [1.29, 1.82) is 0 Å². The first-order valence-electron chi connectivity index (χ1n) is 18.3. The third kappa shape index (κ3) is 6.72. The molecule has 1 N–H and O–H groups in total. The van der Waals surface area contributed by atoms with Crippen LogP contribution in [0, 0.1) is 0 Å². The fraction of sp³-hybridized carbons (Fsp3) is 0.538. The van der Waals surface area contributed by atoms with Crippen LogP contribution in [0.3, 0.4) is 0 Å². The van der Waals surface area contributed by atoms with Crippen LogP contribution >= 0.6 is 0 Å². The van der Waals surface area contributed by atoms with Crippen molar-refractivity contribution in [2.45, 2.75) is 100 Å². The molecule has 0 unspecified atom stereocenters. The highest BCUT2D eigenvalue weighted by molar-refractivity contribution is 5.98. The lowest BCUT2D eigenvalue weighted by Gasteiger charge is -2.52. The average molecular weight is 668 g/mol. The van der Waals surface area contributed by atoms with Crippen LogP contribution in [0.2, 0.25) is 0 Å². The summed E-state index contributed by atoms with van der Waals surface area (Å²) in [5.74, 6) is -0.600. The van der Waals surface area contributed by atoms with Crippen LogP contribution in [-0.2, 0) is 25.5 Å². The van der Waals surface area contributed by atoms with E-state index in [4.69, 9.17) is 4.74 Å². The predicted molar refractivity (Wildman–Crippen MR) is 185 cm³/mol. The number of rotatable bonds is 10. The summed E-state index contributed by atoms with van der Waals surface area (Å²) in [4.78, 5) is 62.6. The molecule has 1 saturated carbocycles. The van der Waals surface area contributed by atoms with Gasteiger partial charge in [-0.2, -0.15) is 0 Å². The monoisotopic (exact) mass is 667 g/mol. The summed E-state index contributed by atoms with van der Waals surface area (Å²) in [6, 6.07) is 15.4. The van der Waals surface area contributed by atoms with E-state index in [-0.39, 0.29) is 43.2 Å². The average Bonchev–Trinajstić information content (AvgIpc) is 3.52. The van der Waals surface area contributed by atoms with Gasteiger partial charge in [-0.1, -0.05) is 79.9 Å². The van der Waals surface area contributed by atoms with Gasteiger partial charge in [0.2, 0.25) is 17.7 Å². The number of hydrogen-bond donors (Lipinski definition) is 1. The Balaban J connectivity index is 1.08. The normalized spacial score (nSPS) is 26.8. The van der Waals surface area contributed by atoms with Crippen molar-refractivity contribution in [3.63, 3.8) is 0 Å². The first kappa shape index (κ1) is 33.3. The first-order chi connectivity index (χ1) is 23.9. The number of carbonyl (C=O) groups is 4. The molecule has 2 aromatic rings. The third-order valence-electron chi connectivity index (χ3n) is 11.5. The summed E-state index contributed by atoms with van der Waals surface area (Å²) < 4.78 is 5.45. The van der Waals surface area contributed by atoms with E-state index in [2.05, 4.69) is 28.9 Å². The summed E-state index contributed by atoms with van der Waals surface area (Å²) in [6.07, 6.45) is 10.5. The van der Waals surface area contributed by atoms with Crippen molar-refractivity contribution in [2.75, 3.05) is 32.8 Å². The molecule has 0 bridgehead atoms. The number of amides is 4. The second kappa shape index (κ2) is 14.7. The maximum Gasteiger partial charge on any atom is 0.411 e. The summed E-state index contributed by atoms with van der Waals surface area (Å²) in [5, 5.41) is 3.26. The second-order valence-electron chi connectivity index (χ2n) is 14.2. The second-order valence-corrected chi connectivity index (χ2v) is 14.2. The predicted octanol–water partition coefficient (Wildman–Crippen LogP) is 4.76. The molecule has 2 aliphatic carbocycles. The standard InChI is InChI=1S/C39H49N5O5/c1-2-32-36(44-34(26-49-39(44)48)28-13-5-3-6-14-28)38(47)43(32)33(37(46)40-31-19-11-15-27-12-9-10-18-30(27)31)20-21-35(45)42-24-22-41(23-25-42)29-16-7-4-8-17-29/h2-3,5-6,9-10,12-14,18,29,31-34,36H,1,4,7-8,11,15-17,19-26H2,(H,40,46)/t31-,32-,33+,34-,36+/m1/s1. The van der Waals surface area contributed by atoms with E-state index in [9.17, 15) is 19.2 Å². The van der Waals surface area contributed by atoms with E-state index in [1.165, 1.54) is 42.6 Å². The number of hydrogen-bond acceptors (Lipinski definition) is 6. The lowest BCUT2D eigenvalue weighted by atomic mass is 9.86. The Kier molecular flexibility index (Phi) is 10.0. The zero-order chi connectivity index (χ0) is 33.9. The molecule has 3 saturated heterocycles. The van der Waals surface area contributed by atoms with Gasteiger partial charge >= 0.3 is 6.09 Å². The number of piperazine rings is 1. The van der Waals surface area contributed by atoms with E-state index in [0.717, 1.165) is 43.5 Å². The van der Waals surface area contributed by atoms with Crippen molar-refractivity contribution >= 4 is 23.8 Å². The van der Waals surface area contributed by atoms with Gasteiger partial charge in [0.05, 0.1) is 18.1 Å². The smallest absolute Gasteiger partial charge is 0.411 e. The molecule has 0 radical (unpaired) electrons. The van der Waals surface area contributed by atoms with Gasteiger partial charge in [0.25, 0.3) is 0 Å². The minimum Gasteiger partial charge on any atom is -0.447 e. The van der Waals surface area contributed by atoms with Crippen LogP contribution in [0.5, 0.6) is 0 Å². The number of cyclic esters (lactones) is 1. The Bertz CT molecular complexity index is 1540. The lowest BCUT2D eigenvalue weighted by molar-refractivity contribution is -0.163. The van der Waals surface area contributed by atoms with Crippen molar-refractivity contribution in [1.82, 2.24) is 24.9 Å². The number of carbonyl (C=O) groups excluding carboxylic acids is 4. The molecule has 49 heavy (non-hydrogen) atoms. The zero-order valence-electron chi connectivity index (χ0n) is 28.4. The molecule has 5 aliphatic rings. The van der Waals surface area contributed by atoms with Gasteiger partial charge in [0, 0.05) is 38.6 Å². The van der Waals surface area contributed by atoms with Gasteiger partial charge in [-0.05, 0) is 55.2 Å². The number of β-lactam (4-membered cyclic amide) rings is 1. The molecule has 7 rings (SSSR count). The van der Waals surface area contributed by atoms with Crippen LogP contribution in [0.25, 0.3) is 0 Å². The largest absolute Gasteiger partial charge is 0.447 e. The molecule has 3 heterocycles. The van der Waals surface area contributed by atoms with Crippen molar-refractivity contribution in [3.05, 3.63) is 83.9 Å².